The number of sulfonamides is 1. The van der Waals surface area contributed by atoms with Crippen molar-refractivity contribution in [3.8, 4) is 11.5 Å². The summed E-state index contributed by atoms with van der Waals surface area (Å²) in [5.74, 6) is 0.973. The van der Waals surface area contributed by atoms with Crippen LogP contribution in [0, 0.1) is 6.92 Å². The number of hydrogen-bond acceptors (Lipinski definition) is 5. The number of rotatable bonds is 8. The van der Waals surface area contributed by atoms with Gasteiger partial charge in [0.2, 0.25) is 0 Å². The highest BCUT2D eigenvalue weighted by atomic mass is 35.5. The van der Waals surface area contributed by atoms with Gasteiger partial charge in [-0.3, -0.25) is 0 Å². The van der Waals surface area contributed by atoms with Crippen molar-refractivity contribution >= 4 is 39.4 Å². The number of halogens is 2. The molecule has 0 aliphatic rings. The van der Waals surface area contributed by atoms with E-state index >= 15 is 0 Å². The van der Waals surface area contributed by atoms with E-state index in [-0.39, 0.29) is 11.5 Å². The first-order valence-corrected chi connectivity index (χ1v) is 11.4. The quantitative estimate of drug-likeness (QED) is 0.356. The van der Waals surface area contributed by atoms with Gasteiger partial charge in [-0.2, -0.15) is 13.5 Å². The lowest BCUT2D eigenvalue weighted by Gasteiger charge is -2.12. The molecule has 0 bridgehead atoms. The number of aryl methyl sites for hydroxylation is 1. The van der Waals surface area contributed by atoms with Crippen molar-refractivity contribution in [3.63, 3.8) is 0 Å². The predicted molar refractivity (Wildman–Crippen MR) is 123 cm³/mol. The lowest BCUT2D eigenvalue weighted by molar-refractivity contribution is 0.284. The molecular formula is C22H20Cl2N2O4S. The number of hydrogen-bond donors (Lipinski definition) is 1. The van der Waals surface area contributed by atoms with Gasteiger partial charge in [-0.1, -0.05) is 47.0 Å². The van der Waals surface area contributed by atoms with E-state index in [2.05, 4.69) is 9.93 Å². The van der Waals surface area contributed by atoms with Gasteiger partial charge in [-0.05, 0) is 55.0 Å². The molecule has 0 spiro atoms. The zero-order valence-corrected chi connectivity index (χ0v) is 19.1. The lowest BCUT2D eigenvalue weighted by Crippen LogP contribution is -2.18. The van der Waals surface area contributed by atoms with Crippen molar-refractivity contribution in [1.82, 2.24) is 4.83 Å². The lowest BCUT2D eigenvalue weighted by atomic mass is 10.2. The van der Waals surface area contributed by atoms with Crippen LogP contribution in [0.3, 0.4) is 0 Å². The summed E-state index contributed by atoms with van der Waals surface area (Å²) in [4.78, 5) is 2.33. The van der Waals surface area contributed by atoms with Gasteiger partial charge in [0.25, 0.3) is 10.0 Å². The average Bonchev–Trinajstić information content (AvgIpc) is 2.73. The van der Waals surface area contributed by atoms with Crippen molar-refractivity contribution in [1.29, 1.82) is 0 Å². The van der Waals surface area contributed by atoms with Gasteiger partial charge >= 0.3 is 0 Å². The second-order valence-electron chi connectivity index (χ2n) is 6.60. The molecule has 0 atom stereocenters. The molecule has 0 unspecified atom stereocenters. The molecule has 0 saturated carbocycles. The molecule has 9 heteroatoms. The van der Waals surface area contributed by atoms with Crippen LogP contribution in [0.5, 0.6) is 11.5 Å². The molecule has 3 aromatic rings. The third-order valence-electron chi connectivity index (χ3n) is 4.30. The molecule has 0 aliphatic carbocycles. The molecule has 0 fully saturated rings. The van der Waals surface area contributed by atoms with Crippen molar-refractivity contribution < 1.29 is 17.9 Å². The third-order valence-corrected chi connectivity index (χ3v) is 6.13. The molecule has 162 valence electrons. The van der Waals surface area contributed by atoms with Gasteiger partial charge < -0.3 is 9.47 Å². The van der Waals surface area contributed by atoms with Crippen LogP contribution >= 0.6 is 23.2 Å². The summed E-state index contributed by atoms with van der Waals surface area (Å²) in [5, 5.41) is 4.89. The number of nitrogens with zero attached hydrogens (tertiary/aromatic N) is 1. The van der Waals surface area contributed by atoms with Gasteiger partial charge in [0.05, 0.1) is 18.2 Å². The highest BCUT2D eigenvalue weighted by Gasteiger charge is 2.12. The molecule has 3 aromatic carbocycles. The highest BCUT2D eigenvalue weighted by molar-refractivity contribution is 7.89. The minimum absolute atomic E-state index is 0.133. The Morgan fingerprint density at radius 1 is 1.00 bits per heavy atom. The number of benzene rings is 3. The van der Waals surface area contributed by atoms with E-state index in [9.17, 15) is 8.42 Å². The van der Waals surface area contributed by atoms with Crippen LogP contribution in [0.4, 0.5) is 0 Å². The minimum atomic E-state index is -3.75. The Balaban J connectivity index is 1.72. The maximum Gasteiger partial charge on any atom is 0.276 e. The number of methoxy groups -OCH3 is 1. The first-order valence-electron chi connectivity index (χ1n) is 9.15. The molecule has 1 N–H and O–H groups in total. The normalized spacial score (nSPS) is 11.5. The summed E-state index contributed by atoms with van der Waals surface area (Å²) in [6.07, 6.45) is 1.38. The summed E-state index contributed by atoms with van der Waals surface area (Å²) in [6.45, 7) is 2.08. The van der Waals surface area contributed by atoms with E-state index in [0.717, 1.165) is 11.1 Å². The van der Waals surface area contributed by atoms with Crippen molar-refractivity contribution in [2.24, 2.45) is 5.10 Å². The van der Waals surface area contributed by atoms with Gasteiger partial charge in [0.15, 0.2) is 11.5 Å². The van der Waals surface area contributed by atoms with Gasteiger partial charge in [0.1, 0.15) is 6.61 Å². The third kappa shape index (κ3) is 6.13. The second-order valence-corrected chi connectivity index (χ2v) is 9.11. The van der Waals surface area contributed by atoms with Crippen LogP contribution < -0.4 is 14.3 Å². The fourth-order valence-electron chi connectivity index (χ4n) is 2.62. The number of hydrazone groups is 1. The van der Waals surface area contributed by atoms with Crippen LogP contribution in [0.1, 0.15) is 16.7 Å². The Kier molecular flexibility index (Phi) is 7.43. The molecule has 0 amide bonds. The topological polar surface area (TPSA) is 77.0 Å². The molecular weight excluding hydrogens is 459 g/mol. The summed E-state index contributed by atoms with van der Waals surface area (Å²) in [7, 11) is -2.23. The Bertz CT molecular complexity index is 1200. The smallest absolute Gasteiger partial charge is 0.276 e. The van der Waals surface area contributed by atoms with Crippen molar-refractivity contribution in [2.45, 2.75) is 18.4 Å². The summed E-state index contributed by atoms with van der Waals surface area (Å²) >= 11 is 12.1. The Morgan fingerprint density at radius 2 is 1.74 bits per heavy atom. The summed E-state index contributed by atoms with van der Waals surface area (Å²) < 4.78 is 35.8. The molecule has 0 saturated heterocycles. The zero-order chi connectivity index (χ0) is 22.4. The summed E-state index contributed by atoms with van der Waals surface area (Å²) in [6, 6.07) is 16.8. The van der Waals surface area contributed by atoms with Gasteiger partial charge in [-0.25, -0.2) is 4.83 Å². The van der Waals surface area contributed by atoms with Gasteiger partial charge in [0, 0.05) is 15.6 Å². The Labute approximate surface area is 191 Å². The van der Waals surface area contributed by atoms with Gasteiger partial charge in [-0.15, -0.1) is 0 Å². The largest absolute Gasteiger partial charge is 0.493 e. The second kappa shape index (κ2) is 10.0. The number of ether oxygens (including phenoxy) is 2. The van der Waals surface area contributed by atoms with E-state index in [1.165, 1.54) is 25.5 Å². The molecule has 31 heavy (non-hydrogen) atoms. The van der Waals surface area contributed by atoms with Crippen LogP contribution in [-0.4, -0.2) is 21.7 Å². The van der Waals surface area contributed by atoms with Crippen LogP contribution in [-0.2, 0) is 16.6 Å². The van der Waals surface area contributed by atoms with Crippen LogP contribution in [0.15, 0.2) is 70.7 Å². The standard InChI is InChI=1S/C22H20Cl2N2O4S/c1-15-3-8-19(9-4-15)31(27,28)26-25-13-16-5-10-21(29-2)22(11-16)30-14-17-6-7-18(23)12-20(17)24/h3-13,26H,14H2,1-2H3/b25-13+. The minimum Gasteiger partial charge on any atom is -0.493 e. The Morgan fingerprint density at radius 3 is 2.42 bits per heavy atom. The van der Waals surface area contributed by atoms with E-state index in [4.69, 9.17) is 32.7 Å². The average molecular weight is 479 g/mol. The Hall–Kier alpha value is -2.74. The maximum atomic E-state index is 12.3. The van der Waals surface area contributed by atoms with E-state index in [0.29, 0.717) is 27.1 Å². The first kappa shape index (κ1) is 22.9. The van der Waals surface area contributed by atoms with Crippen molar-refractivity contribution in [3.05, 3.63) is 87.4 Å². The first-order chi connectivity index (χ1) is 14.8. The molecule has 6 nitrogen and oxygen atoms in total. The zero-order valence-electron chi connectivity index (χ0n) is 16.8. The maximum absolute atomic E-state index is 12.3. The van der Waals surface area contributed by atoms with E-state index < -0.39 is 10.0 Å². The molecule has 0 aliphatic heterocycles. The fraction of sp³-hybridized carbons (Fsp3) is 0.136. The molecule has 0 radical (unpaired) electrons. The van der Waals surface area contributed by atoms with E-state index in [1.807, 2.05) is 6.92 Å². The predicted octanol–water partition coefficient (Wildman–Crippen LogP) is 5.20. The molecule has 0 heterocycles. The SMILES string of the molecule is COc1ccc(/C=N/NS(=O)(=O)c2ccc(C)cc2)cc1OCc1ccc(Cl)cc1Cl. The van der Waals surface area contributed by atoms with Crippen molar-refractivity contribution in [2.75, 3.05) is 7.11 Å². The molecule has 0 aromatic heterocycles. The van der Waals surface area contributed by atoms with E-state index in [1.54, 1.807) is 48.5 Å². The van der Waals surface area contributed by atoms with Crippen LogP contribution in [0.25, 0.3) is 0 Å². The van der Waals surface area contributed by atoms with Crippen LogP contribution in [0.2, 0.25) is 10.0 Å². The fourth-order valence-corrected chi connectivity index (χ4v) is 3.88. The highest BCUT2D eigenvalue weighted by Crippen LogP contribution is 2.30. The molecule has 3 rings (SSSR count). The number of nitrogens with one attached hydrogen (secondary N) is 1. The summed E-state index contributed by atoms with van der Waals surface area (Å²) in [5.41, 5.74) is 2.34. The monoisotopic (exact) mass is 478 g/mol.